The Kier molecular flexibility index (Phi) is 2.60. The van der Waals surface area contributed by atoms with E-state index in [2.05, 4.69) is 5.32 Å². The standard InChI is InChI=1S/C13H15ClN2O/c14-11-4-2-10(3-5-11)13-7-6-12(17)16(13)9-1-8-15-13/h2-5,15H,1,6-9H2. The minimum absolute atomic E-state index is 0.257. The summed E-state index contributed by atoms with van der Waals surface area (Å²) in [5.41, 5.74) is 0.868. The number of benzene rings is 1. The van der Waals surface area contributed by atoms with Gasteiger partial charge in [-0.15, -0.1) is 0 Å². The highest BCUT2D eigenvalue weighted by Crippen LogP contribution is 2.39. The number of carbonyl (C=O) groups is 1. The topological polar surface area (TPSA) is 32.3 Å². The molecule has 3 rings (SSSR count). The monoisotopic (exact) mass is 250 g/mol. The minimum Gasteiger partial charge on any atom is -0.320 e. The average Bonchev–Trinajstić information content (AvgIpc) is 2.70. The van der Waals surface area contributed by atoms with Crippen LogP contribution >= 0.6 is 11.6 Å². The summed E-state index contributed by atoms with van der Waals surface area (Å²) in [4.78, 5) is 13.9. The van der Waals surface area contributed by atoms with Crippen LogP contribution in [0.1, 0.15) is 24.8 Å². The van der Waals surface area contributed by atoms with Crippen LogP contribution in [0.4, 0.5) is 0 Å². The molecule has 0 radical (unpaired) electrons. The van der Waals surface area contributed by atoms with Crippen molar-refractivity contribution in [3.63, 3.8) is 0 Å². The van der Waals surface area contributed by atoms with E-state index in [0.29, 0.717) is 6.42 Å². The van der Waals surface area contributed by atoms with Gasteiger partial charge in [0, 0.05) is 18.0 Å². The van der Waals surface area contributed by atoms with Crippen LogP contribution in [0.2, 0.25) is 5.02 Å². The van der Waals surface area contributed by atoms with Crippen LogP contribution in [-0.2, 0) is 10.5 Å². The average molecular weight is 251 g/mol. The minimum atomic E-state index is -0.278. The third kappa shape index (κ3) is 1.65. The van der Waals surface area contributed by atoms with Crippen LogP contribution in [0.3, 0.4) is 0 Å². The van der Waals surface area contributed by atoms with Crippen LogP contribution in [0.25, 0.3) is 0 Å². The van der Waals surface area contributed by atoms with Crippen molar-refractivity contribution >= 4 is 17.5 Å². The van der Waals surface area contributed by atoms with Gasteiger partial charge < -0.3 is 4.90 Å². The summed E-state index contributed by atoms with van der Waals surface area (Å²) >= 11 is 5.92. The molecule has 1 aromatic carbocycles. The third-order valence-corrected chi connectivity index (χ3v) is 4.01. The summed E-state index contributed by atoms with van der Waals surface area (Å²) in [5, 5.41) is 4.26. The number of hydrogen-bond donors (Lipinski definition) is 1. The molecular formula is C13H15ClN2O. The molecule has 2 aliphatic rings. The zero-order valence-corrected chi connectivity index (χ0v) is 10.3. The van der Waals surface area contributed by atoms with Gasteiger partial charge in [-0.2, -0.15) is 0 Å². The van der Waals surface area contributed by atoms with E-state index in [0.717, 1.165) is 36.5 Å². The Balaban J connectivity index is 2.03. The molecule has 2 saturated heterocycles. The van der Waals surface area contributed by atoms with Crippen LogP contribution < -0.4 is 5.32 Å². The molecule has 0 aliphatic carbocycles. The van der Waals surface area contributed by atoms with Gasteiger partial charge in [0.25, 0.3) is 0 Å². The predicted molar refractivity (Wildman–Crippen MR) is 66.7 cm³/mol. The molecule has 2 heterocycles. The zero-order valence-electron chi connectivity index (χ0n) is 9.58. The number of amides is 1. The molecule has 0 spiro atoms. The fourth-order valence-electron chi connectivity index (χ4n) is 2.93. The third-order valence-electron chi connectivity index (χ3n) is 3.76. The van der Waals surface area contributed by atoms with Crippen molar-refractivity contribution in [1.82, 2.24) is 10.2 Å². The maximum absolute atomic E-state index is 11.9. The van der Waals surface area contributed by atoms with Gasteiger partial charge in [0.05, 0.1) is 0 Å². The first kappa shape index (κ1) is 11.1. The maximum atomic E-state index is 11.9. The van der Waals surface area contributed by atoms with Crippen LogP contribution in [0, 0.1) is 0 Å². The first-order valence-electron chi connectivity index (χ1n) is 6.04. The number of carbonyl (C=O) groups excluding carboxylic acids is 1. The Bertz CT molecular complexity index is 445. The number of halogens is 1. The molecule has 0 aromatic heterocycles. The molecule has 2 fully saturated rings. The second-order valence-electron chi connectivity index (χ2n) is 4.69. The molecule has 2 aliphatic heterocycles. The second kappa shape index (κ2) is 4.00. The summed E-state index contributed by atoms with van der Waals surface area (Å²) in [6.07, 6.45) is 2.52. The van der Waals surface area contributed by atoms with Crippen molar-refractivity contribution < 1.29 is 4.79 Å². The lowest BCUT2D eigenvalue weighted by Crippen LogP contribution is -2.58. The van der Waals surface area contributed by atoms with Gasteiger partial charge in [0.15, 0.2) is 0 Å². The Morgan fingerprint density at radius 2 is 2.06 bits per heavy atom. The summed E-state index contributed by atoms with van der Waals surface area (Å²) in [6.45, 7) is 1.82. The number of nitrogens with one attached hydrogen (secondary N) is 1. The van der Waals surface area contributed by atoms with Gasteiger partial charge in [-0.05, 0) is 37.1 Å². The molecule has 3 nitrogen and oxygen atoms in total. The fraction of sp³-hybridized carbons (Fsp3) is 0.462. The van der Waals surface area contributed by atoms with Gasteiger partial charge in [0.1, 0.15) is 5.66 Å². The molecule has 1 atom stereocenters. The van der Waals surface area contributed by atoms with Gasteiger partial charge >= 0.3 is 0 Å². The van der Waals surface area contributed by atoms with Crippen LogP contribution in [0.5, 0.6) is 0 Å². The van der Waals surface area contributed by atoms with Crippen molar-refractivity contribution in [2.24, 2.45) is 0 Å². The molecule has 4 heteroatoms. The van der Waals surface area contributed by atoms with Crippen molar-refractivity contribution in [1.29, 1.82) is 0 Å². The highest BCUT2D eigenvalue weighted by Gasteiger charge is 2.47. The highest BCUT2D eigenvalue weighted by atomic mass is 35.5. The van der Waals surface area contributed by atoms with E-state index in [1.54, 1.807) is 0 Å². The quantitative estimate of drug-likeness (QED) is 0.828. The van der Waals surface area contributed by atoms with E-state index >= 15 is 0 Å². The van der Waals surface area contributed by atoms with Gasteiger partial charge in [-0.3, -0.25) is 10.1 Å². The molecule has 1 aromatic rings. The number of fused-ring (bicyclic) bond motifs is 1. The summed E-state index contributed by atoms with van der Waals surface area (Å²) in [7, 11) is 0. The molecule has 90 valence electrons. The van der Waals surface area contributed by atoms with E-state index in [4.69, 9.17) is 11.6 Å². The van der Waals surface area contributed by atoms with E-state index in [-0.39, 0.29) is 11.6 Å². The number of hydrogen-bond acceptors (Lipinski definition) is 2. The molecule has 1 amide bonds. The van der Waals surface area contributed by atoms with Gasteiger partial charge in [0.2, 0.25) is 5.91 Å². The molecule has 1 N–H and O–H groups in total. The Morgan fingerprint density at radius 3 is 2.82 bits per heavy atom. The lowest BCUT2D eigenvalue weighted by Gasteiger charge is -2.43. The van der Waals surface area contributed by atoms with Crippen molar-refractivity contribution in [2.75, 3.05) is 13.1 Å². The lowest BCUT2D eigenvalue weighted by atomic mass is 9.94. The summed E-state index contributed by atoms with van der Waals surface area (Å²) in [6, 6.07) is 7.82. The largest absolute Gasteiger partial charge is 0.320 e. The van der Waals surface area contributed by atoms with E-state index in [9.17, 15) is 4.79 Å². The van der Waals surface area contributed by atoms with E-state index in [1.807, 2.05) is 29.2 Å². The van der Waals surface area contributed by atoms with E-state index in [1.165, 1.54) is 0 Å². The Labute approximate surface area is 106 Å². The second-order valence-corrected chi connectivity index (χ2v) is 5.13. The van der Waals surface area contributed by atoms with E-state index < -0.39 is 0 Å². The molecule has 17 heavy (non-hydrogen) atoms. The normalized spacial score (nSPS) is 28.3. The SMILES string of the molecule is O=C1CCC2(c3ccc(Cl)cc3)NCCCN12. The maximum Gasteiger partial charge on any atom is 0.224 e. The van der Waals surface area contributed by atoms with Crippen molar-refractivity contribution in [2.45, 2.75) is 24.9 Å². The van der Waals surface area contributed by atoms with Gasteiger partial charge in [-0.25, -0.2) is 0 Å². The number of rotatable bonds is 1. The smallest absolute Gasteiger partial charge is 0.224 e. The summed E-state index contributed by atoms with van der Waals surface area (Å²) in [5.74, 6) is 0.257. The van der Waals surface area contributed by atoms with Crippen LogP contribution in [-0.4, -0.2) is 23.9 Å². The van der Waals surface area contributed by atoms with Crippen LogP contribution in [0.15, 0.2) is 24.3 Å². The molecule has 0 bridgehead atoms. The first-order valence-corrected chi connectivity index (χ1v) is 6.42. The molecule has 1 unspecified atom stereocenters. The Hall–Kier alpha value is -1.06. The van der Waals surface area contributed by atoms with Crippen molar-refractivity contribution in [3.8, 4) is 0 Å². The first-order chi connectivity index (χ1) is 8.22. The Morgan fingerprint density at radius 1 is 1.29 bits per heavy atom. The number of nitrogens with zero attached hydrogens (tertiary/aromatic N) is 1. The molecular weight excluding hydrogens is 236 g/mol. The highest BCUT2D eigenvalue weighted by molar-refractivity contribution is 6.30. The molecule has 0 saturated carbocycles. The predicted octanol–water partition coefficient (Wildman–Crippen LogP) is 2.11. The van der Waals surface area contributed by atoms with Gasteiger partial charge in [-0.1, -0.05) is 23.7 Å². The lowest BCUT2D eigenvalue weighted by molar-refractivity contribution is -0.133. The van der Waals surface area contributed by atoms with Crippen molar-refractivity contribution in [3.05, 3.63) is 34.9 Å². The summed E-state index contributed by atoms with van der Waals surface area (Å²) < 4.78 is 0. The fourth-order valence-corrected chi connectivity index (χ4v) is 3.06. The zero-order chi connectivity index (χ0) is 11.9.